The normalized spacial score (nSPS) is 21.9. The Labute approximate surface area is 183 Å². The van der Waals surface area contributed by atoms with E-state index < -0.39 is 9.84 Å². The van der Waals surface area contributed by atoms with Crippen molar-refractivity contribution < 1.29 is 18.0 Å². The SMILES string of the molecule is C=C(/C=C\C1=CN(C(=O)C2CC2)CC(C)N1C(C)=O)c1cccc(S(=O)(=O)C2CC2)c1. The number of hydrogen-bond donors (Lipinski definition) is 0. The summed E-state index contributed by atoms with van der Waals surface area (Å²) in [5, 5.41) is -0.264. The van der Waals surface area contributed by atoms with Crippen LogP contribution >= 0.6 is 0 Å². The maximum atomic E-state index is 12.6. The van der Waals surface area contributed by atoms with Gasteiger partial charge in [-0.05, 0) is 62.0 Å². The van der Waals surface area contributed by atoms with E-state index in [2.05, 4.69) is 6.58 Å². The van der Waals surface area contributed by atoms with Gasteiger partial charge in [0.05, 0.1) is 21.9 Å². The third-order valence-electron chi connectivity index (χ3n) is 5.97. The number of carbonyl (C=O) groups excluding carboxylic acids is 2. The minimum absolute atomic E-state index is 0.0925. The molecule has 4 rings (SSSR count). The van der Waals surface area contributed by atoms with Gasteiger partial charge in [-0.15, -0.1) is 0 Å². The van der Waals surface area contributed by atoms with Crippen molar-refractivity contribution in [2.45, 2.75) is 55.7 Å². The summed E-state index contributed by atoms with van der Waals surface area (Å²) < 4.78 is 25.1. The van der Waals surface area contributed by atoms with Crippen molar-refractivity contribution in [1.82, 2.24) is 9.80 Å². The zero-order chi connectivity index (χ0) is 22.3. The molecule has 7 heteroatoms. The Morgan fingerprint density at radius 1 is 1.16 bits per heavy atom. The van der Waals surface area contributed by atoms with E-state index in [4.69, 9.17) is 0 Å². The Kier molecular flexibility index (Phi) is 5.64. The molecule has 0 radical (unpaired) electrons. The van der Waals surface area contributed by atoms with Crippen LogP contribution in [-0.4, -0.2) is 47.9 Å². The average molecular weight is 441 g/mol. The number of allylic oxidation sites excluding steroid dienone is 3. The largest absolute Gasteiger partial charge is 0.315 e. The summed E-state index contributed by atoms with van der Waals surface area (Å²) in [4.78, 5) is 28.5. The second kappa shape index (κ2) is 8.11. The van der Waals surface area contributed by atoms with Gasteiger partial charge in [-0.2, -0.15) is 0 Å². The lowest BCUT2D eigenvalue weighted by molar-refractivity contribution is -0.135. The molecule has 2 saturated carbocycles. The molecule has 2 amide bonds. The summed E-state index contributed by atoms with van der Waals surface area (Å²) in [6.45, 7) is 8.00. The highest BCUT2D eigenvalue weighted by Crippen LogP contribution is 2.35. The summed E-state index contributed by atoms with van der Waals surface area (Å²) in [5.41, 5.74) is 1.97. The molecule has 6 nitrogen and oxygen atoms in total. The monoisotopic (exact) mass is 440 g/mol. The number of hydrogen-bond acceptors (Lipinski definition) is 4. The average Bonchev–Trinajstić information content (AvgIpc) is 3.63. The molecule has 1 aromatic carbocycles. The first kappa shape index (κ1) is 21.6. The molecule has 2 fully saturated rings. The fourth-order valence-corrected chi connectivity index (χ4v) is 5.66. The summed E-state index contributed by atoms with van der Waals surface area (Å²) in [5.74, 6) is 0.117. The molecule has 0 aromatic heterocycles. The first-order chi connectivity index (χ1) is 14.7. The molecule has 0 bridgehead atoms. The van der Waals surface area contributed by atoms with E-state index in [-0.39, 0.29) is 29.0 Å². The van der Waals surface area contributed by atoms with E-state index in [9.17, 15) is 18.0 Å². The molecule has 1 atom stereocenters. The van der Waals surface area contributed by atoms with E-state index >= 15 is 0 Å². The van der Waals surface area contributed by atoms with Crippen molar-refractivity contribution in [1.29, 1.82) is 0 Å². The minimum Gasteiger partial charge on any atom is -0.315 e. The van der Waals surface area contributed by atoms with Gasteiger partial charge in [-0.1, -0.05) is 24.8 Å². The molecule has 3 aliphatic rings. The van der Waals surface area contributed by atoms with Gasteiger partial charge in [0.15, 0.2) is 9.84 Å². The first-order valence-electron chi connectivity index (χ1n) is 10.7. The molecule has 0 N–H and O–H groups in total. The quantitative estimate of drug-likeness (QED) is 0.635. The number of sulfone groups is 1. The van der Waals surface area contributed by atoms with Gasteiger partial charge in [0, 0.05) is 25.6 Å². The van der Waals surface area contributed by atoms with Gasteiger partial charge in [-0.3, -0.25) is 9.59 Å². The van der Waals surface area contributed by atoms with E-state index in [0.29, 0.717) is 28.3 Å². The molecule has 164 valence electrons. The Morgan fingerprint density at radius 3 is 2.48 bits per heavy atom. The topological polar surface area (TPSA) is 74.8 Å². The van der Waals surface area contributed by atoms with Crippen LogP contribution in [0, 0.1) is 5.92 Å². The number of benzene rings is 1. The molecule has 1 aliphatic heterocycles. The number of nitrogens with zero attached hydrogens (tertiary/aromatic N) is 2. The second-order valence-corrected chi connectivity index (χ2v) is 10.9. The predicted molar refractivity (Wildman–Crippen MR) is 119 cm³/mol. The van der Waals surface area contributed by atoms with Crippen LogP contribution in [0.5, 0.6) is 0 Å². The molecule has 31 heavy (non-hydrogen) atoms. The highest BCUT2D eigenvalue weighted by atomic mass is 32.2. The lowest BCUT2D eigenvalue weighted by Gasteiger charge is -2.37. The minimum atomic E-state index is -3.28. The number of carbonyl (C=O) groups is 2. The molecular weight excluding hydrogens is 412 g/mol. The summed E-state index contributed by atoms with van der Waals surface area (Å²) in [7, 11) is -3.28. The maximum absolute atomic E-state index is 12.6. The van der Waals surface area contributed by atoms with Crippen LogP contribution in [0.3, 0.4) is 0 Å². The van der Waals surface area contributed by atoms with Crippen LogP contribution in [0.4, 0.5) is 0 Å². The van der Waals surface area contributed by atoms with Crippen LogP contribution in [0.1, 0.15) is 45.1 Å². The standard InChI is InChI=1S/C24H28N2O4S/c1-16(20-5-4-6-23(13-20)31(29,30)22-11-12-22)7-10-21-15-25(24(28)19-8-9-19)14-17(2)26(21)18(3)27/h4-7,10,13,15,17,19,22H,1,8-9,11-12,14H2,2-3H3/b10-7-. The zero-order valence-electron chi connectivity index (χ0n) is 18.0. The third kappa shape index (κ3) is 4.51. The number of rotatable bonds is 6. The van der Waals surface area contributed by atoms with Crippen molar-refractivity contribution in [2.24, 2.45) is 5.92 Å². The maximum Gasteiger partial charge on any atom is 0.229 e. The third-order valence-corrected chi connectivity index (χ3v) is 8.23. The van der Waals surface area contributed by atoms with Gasteiger partial charge >= 0.3 is 0 Å². The van der Waals surface area contributed by atoms with E-state index in [1.165, 1.54) is 6.92 Å². The van der Waals surface area contributed by atoms with Crippen molar-refractivity contribution in [3.8, 4) is 0 Å². The fourth-order valence-electron chi connectivity index (χ4n) is 3.96. The highest BCUT2D eigenvalue weighted by molar-refractivity contribution is 7.92. The van der Waals surface area contributed by atoms with Crippen LogP contribution in [0.15, 0.2) is 59.8 Å². The Bertz CT molecular complexity index is 1090. The van der Waals surface area contributed by atoms with Crippen molar-refractivity contribution in [3.63, 3.8) is 0 Å². The first-order valence-corrected chi connectivity index (χ1v) is 12.3. The molecule has 0 spiro atoms. The van der Waals surface area contributed by atoms with E-state index in [1.807, 2.05) is 13.0 Å². The Morgan fingerprint density at radius 2 is 1.87 bits per heavy atom. The van der Waals surface area contributed by atoms with Gasteiger partial charge < -0.3 is 9.80 Å². The molecule has 1 unspecified atom stereocenters. The van der Waals surface area contributed by atoms with Crippen molar-refractivity contribution >= 4 is 27.2 Å². The van der Waals surface area contributed by atoms with Crippen LogP contribution < -0.4 is 0 Å². The lowest BCUT2D eigenvalue weighted by atomic mass is 10.1. The van der Waals surface area contributed by atoms with E-state index in [0.717, 1.165) is 25.7 Å². The Hall–Kier alpha value is -2.67. The predicted octanol–water partition coefficient (Wildman–Crippen LogP) is 3.52. The highest BCUT2D eigenvalue weighted by Gasteiger charge is 2.37. The van der Waals surface area contributed by atoms with E-state index in [1.54, 1.807) is 46.4 Å². The lowest BCUT2D eigenvalue weighted by Crippen LogP contribution is -2.48. The molecular formula is C24H28N2O4S. The van der Waals surface area contributed by atoms with Crippen LogP contribution in [-0.2, 0) is 19.4 Å². The van der Waals surface area contributed by atoms with Crippen molar-refractivity contribution in [2.75, 3.05) is 6.54 Å². The van der Waals surface area contributed by atoms with Crippen LogP contribution in [0.25, 0.3) is 5.57 Å². The molecule has 0 saturated heterocycles. The van der Waals surface area contributed by atoms with Crippen LogP contribution in [0.2, 0.25) is 0 Å². The molecule has 1 aromatic rings. The summed E-state index contributed by atoms with van der Waals surface area (Å²) in [6, 6.07) is 6.69. The molecule has 1 heterocycles. The van der Waals surface area contributed by atoms with Gasteiger partial charge in [0.2, 0.25) is 11.8 Å². The van der Waals surface area contributed by atoms with Gasteiger partial charge in [0.25, 0.3) is 0 Å². The van der Waals surface area contributed by atoms with Gasteiger partial charge in [-0.25, -0.2) is 8.42 Å². The zero-order valence-corrected chi connectivity index (χ0v) is 18.8. The Balaban J connectivity index is 1.58. The smallest absolute Gasteiger partial charge is 0.229 e. The summed E-state index contributed by atoms with van der Waals surface area (Å²) >= 11 is 0. The molecule has 2 aliphatic carbocycles. The van der Waals surface area contributed by atoms with Crippen molar-refractivity contribution in [3.05, 3.63) is 60.5 Å². The second-order valence-electron chi connectivity index (χ2n) is 8.69. The summed E-state index contributed by atoms with van der Waals surface area (Å²) in [6.07, 6.45) is 8.57. The van der Waals surface area contributed by atoms with Gasteiger partial charge in [0.1, 0.15) is 0 Å². The number of amides is 2. The fraction of sp³-hybridized carbons (Fsp3) is 0.417.